The van der Waals surface area contributed by atoms with Crippen molar-refractivity contribution in [2.45, 2.75) is 19.4 Å². The third-order valence-electron chi connectivity index (χ3n) is 1.52. The zero-order chi connectivity index (χ0) is 9.14. The molecule has 0 bridgehead atoms. The summed E-state index contributed by atoms with van der Waals surface area (Å²) in [6.07, 6.45) is 0.293. The molecule has 0 saturated carbocycles. The van der Waals surface area contributed by atoms with Crippen LogP contribution < -0.4 is 0 Å². The lowest BCUT2D eigenvalue weighted by atomic mass is 10.1. The fraction of sp³-hybridized carbons (Fsp3) is 0.333. The van der Waals surface area contributed by atoms with Crippen LogP contribution in [0.1, 0.15) is 12.5 Å². The van der Waals surface area contributed by atoms with Crippen LogP contribution in [-0.2, 0) is 6.42 Å². The van der Waals surface area contributed by atoms with Gasteiger partial charge in [-0.1, -0.05) is 27.5 Å². The van der Waals surface area contributed by atoms with Crippen LogP contribution in [0.5, 0.6) is 0 Å². The summed E-state index contributed by atoms with van der Waals surface area (Å²) in [5.41, 5.74) is 1.04. The van der Waals surface area contributed by atoms with Gasteiger partial charge in [0.25, 0.3) is 0 Å². The maximum Gasteiger partial charge on any atom is 0.0552 e. The van der Waals surface area contributed by atoms with Crippen molar-refractivity contribution in [1.82, 2.24) is 0 Å². The minimum absolute atomic E-state index is 0.334. The molecule has 1 rings (SSSR count). The van der Waals surface area contributed by atoms with E-state index in [-0.39, 0.29) is 6.10 Å². The van der Waals surface area contributed by atoms with Gasteiger partial charge in [0, 0.05) is 9.50 Å². The van der Waals surface area contributed by atoms with Gasteiger partial charge in [0.15, 0.2) is 0 Å². The number of benzene rings is 1. The first-order valence-corrected chi connectivity index (χ1v) is 4.88. The van der Waals surface area contributed by atoms with Gasteiger partial charge in [-0.25, -0.2) is 0 Å². The molecule has 0 heterocycles. The Morgan fingerprint density at radius 3 is 2.83 bits per heavy atom. The van der Waals surface area contributed by atoms with Crippen LogP contribution in [0.25, 0.3) is 0 Å². The van der Waals surface area contributed by atoms with E-state index in [4.69, 9.17) is 16.7 Å². The summed E-state index contributed by atoms with van der Waals surface area (Å²) in [7, 11) is 0. The van der Waals surface area contributed by atoms with E-state index in [1.807, 2.05) is 18.2 Å². The van der Waals surface area contributed by atoms with E-state index in [1.54, 1.807) is 6.92 Å². The number of halogens is 2. The zero-order valence-corrected chi connectivity index (χ0v) is 9.06. The zero-order valence-electron chi connectivity index (χ0n) is 6.72. The molecule has 0 fully saturated rings. The second-order valence-corrected chi connectivity index (χ2v) is 4.08. The Bertz CT molecular complexity index is 273. The molecular formula is C9H10BrClO. The van der Waals surface area contributed by atoms with E-state index >= 15 is 0 Å². The molecule has 0 aliphatic heterocycles. The van der Waals surface area contributed by atoms with E-state index < -0.39 is 0 Å². The minimum atomic E-state index is -0.334. The van der Waals surface area contributed by atoms with Crippen molar-refractivity contribution >= 4 is 27.5 Å². The summed E-state index contributed by atoms with van der Waals surface area (Å²) in [4.78, 5) is 0. The molecule has 0 saturated heterocycles. The highest BCUT2D eigenvalue weighted by Gasteiger charge is 2.03. The minimum Gasteiger partial charge on any atom is -0.393 e. The lowest BCUT2D eigenvalue weighted by molar-refractivity contribution is 0.195. The van der Waals surface area contributed by atoms with Crippen LogP contribution in [-0.4, -0.2) is 11.2 Å². The van der Waals surface area contributed by atoms with Crippen molar-refractivity contribution in [1.29, 1.82) is 0 Å². The fourth-order valence-electron chi connectivity index (χ4n) is 1.02. The largest absolute Gasteiger partial charge is 0.393 e. The lowest BCUT2D eigenvalue weighted by Gasteiger charge is -2.06. The highest BCUT2D eigenvalue weighted by Crippen LogP contribution is 2.22. The van der Waals surface area contributed by atoms with Crippen LogP contribution >= 0.6 is 27.5 Å². The summed E-state index contributed by atoms with van der Waals surface area (Å²) >= 11 is 9.19. The molecule has 1 aromatic rings. The molecule has 0 aliphatic carbocycles. The van der Waals surface area contributed by atoms with Gasteiger partial charge in [-0.15, -0.1) is 0 Å². The van der Waals surface area contributed by atoms with Crippen LogP contribution in [0.15, 0.2) is 22.7 Å². The second-order valence-electron chi connectivity index (χ2n) is 2.79. The van der Waals surface area contributed by atoms with Crippen LogP contribution in [0.3, 0.4) is 0 Å². The van der Waals surface area contributed by atoms with Crippen molar-refractivity contribution in [2.75, 3.05) is 0 Å². The van der Waals surface area contributed by atoms with Gasteiger partial charge in [0.2, 0.25) is 0 Å². The molecule has 1 atom stereocenters. The van der Waals surface area contributed by atoms with Crippen molar-refractivity contribution in [2.24, 2.45) is 0 Å². The Kier molecular flexibility index (Phi) is 3.56. The smallest absolute Gasteiger partial charge is 0.0552 e. The first kappa shape index (κ1) is 10.0. The first-order valence-electron chi connectivity index (χ1n) is 3.71. The van der Waals surface area contributed by atoms with E-state index in [2.05, 4.69) is 15.9 Å². The fourth-order valence-corrected chi connectivity index (χ4v) is 1.62. The first-order chi connectivity index (χ1) is 5.59. The van der Waals surface area contributed by atoms with Gasteiger partial charge in [-0.3, -0.25) is 0 Å². The number of hydrogen-bond acceptors (Lipinski definition) is 1. The quantitative estimate of drug-likeness (QED) is 0.854. The Balaban J connectivity index is 2.90. The molecule has 0 amide bonds. The second kappa shape index (κ2) is 4.26. The Morgan fingerprint density at radius 2 is 2.25 bits per heavy atom. The molecule has 1 aromatic carbocycles. The van der Waals surface area contributed by atoms with Gasteiger partial charge in [0.1, 0.15) is 0 Å². The van der Waals surface area contributed by atoms with Crippen LogP contribution in [0.4, 0.5) is 0 Å². The summed E-state index contributed by atoms with van der Waals surface area (Å²) < 4.78 is 0.993. The van der Waals surface area contributed by atoms with E-state index in [9.17, 15) is 0 Å². The third kappa shape index (κ3) is 2.77. The predicted molar refractivity (Wildman–Crippen MR) is 54.5 cm³/mol. The van der Waals surface area contributed by atoms with Gasteiger partial charge < -0.3 is 5.11 Å². The summed E-state index contributed by atoms with van der Waals surface area (Å²) in [6, 6.07) is 5.57. The number of aliphatic hydroxyl groups excluding tert-OH is 1. The van der Waals surface area contributed by atoms with E-state index in [1.165, 1.54) is 0 Å². The summed E-state index contributed by atoms with van der Waals surface area (Å²) in [6.45, 7) is 1.76. The van der Waals surface area contributed by atoms with Crippen molar-refractivity contribution in [3.05, 3.63) is 33.3 Å². The Hall–Kier alpha value is -0.0500. The maximum absolute atomic E-state index is 9.16. The third-order valence-corrected chi connectivity index (χ3v) is 2.53. The molecule has 66 valence electrons. The SMILES string of the molecule is C[C@@H](O)Cc1cc(Cl)ccc1Br. The maximum atomic E-state index is 9.16. The lowest BCUT2D eigenvalue weighted by Crippen LogP contribution is -2.04. The van der Waals surface area contributed by atoms with E-state index in [0.717, 1.165) is 10.0 Å². The topological polar surface area (TPSA) is 20.2 Å². The van der Waals surface area contributed by atoms with Crippen molar-refractivity contribution < 1.29 is 5.11 Å². The average Bonchev–Trinajstić information content (AvgIpc) is 1.96. The van der Waals surface area contributed by atoms with Gasteiger partial charge in [0.05, 0.1) is 6.10 Å². The standard InChI is InChI=1S/C9H10BrClO/c1-6(12)4-7-5-8(11)2-3-9(7)10/h2-3,5-6,12H,4H2,1H3/t6-/m1/s1. The number of hydrogen-bond donors (Lipinski definition) is 1. The molecule has 1 N–H and O–H groups in total. The Morgan fingerprint density at radius 1 is 1.58 bits per heavy atom. The van der Waals surface area contributed by atoms with E-state index in [0.29, 0.717) is 11.4 Å². The number of aliphatic hydroxyl groups is 1. The summed E-state index contributed by atoms with van der Waals surface area (Å²) in [5.74, 6) is 0. The molecule has 1 nitrogen and oxygen atoms in total. The molecule has 0 unspecified atom stereocenters. The molecule has 12 heavy (non-hydrogen) atoms. The predicted octanol–water partition coefficient (Wildman–Crippen LogP) is 3.03. The van der Waals surface area contributed by atoms with Crippen molar-refractivity contribution in [3.63, 3.8) is 0 Å². The number of rotatable bonds is 2. The Labute approximate surface area is 85.5 Å². The normalized spacial score (nSPS) is 13.0. The molecule has 0 aromatic heterocycles. The molecule has 3 heteroatoms. The average molecular weight is 250 g/mol. The molecule has 0 aliphatic rings. The monoisotopic (exact) mass is 248 g/mol. The molecular weight excluding hydrogens is 239 g/mol. The van der Waals surface area contributed by atoms with Crippen molar-refractivity contribution in [3.8, 4) is 0 Å². The van der Waals surface area contributed by atoms with Gasteiger partial charge >= 0.3 is 0 Å². The van der Waals surface area contributed by atoms with Gasteiger partial charge in [-0.05, 0) is 37.1 Å². The molecule has 0 radical (unpaired) electrons. The van der Waals surface area contributed by atoms with Crippen LogP contribution in [0.2, 0.25) is 5.02 Å². The highest BCUT2D eigenvalue weighted by molar-refractivity contribution is 9.10. The molecule has 0 spiro atoms. The highest BCUT2D eigenvalue weighted by atomic mass is 79.9. The van der Waals surface area contributed by atoms with Crippen LogP contribution in [0, 0.1) is 0 Å². The van der Waals surface area contributed by atoms with Gasteiger partial charge in [-0.2, -0.15) is 0 Å². The summed E-state index contributed by atoms with van der Waals surface area (Å²) in [5, 5.41) is 9.86.